The lowest BCUT2D eigenvalue weighted by atomic mass is 9.86. The van der Waals surface area contributed by atoms with Gasteiger partial charge in [-0.1, -0.05) is 39.0 Å². The van der Waals surface area contributed by atoms with Gasteiger partial charge in [-0.05, 0) is 40.8 Å². The maximum Gasteiger partial charge on any atom is 0.123 e. The van der Waals surface area contributed by atoms with Crippen molar-refractivity contribution in [3.63, 3.8) is 0 Å². The van der Waals surface area contributed by atoms with E-state index in [2.05, 4.69) is 38.2 Å². The summed E-state index contributed by atoms with van der Waals surface area (Å²) >= 11 is 0. The molecule has 21 heavy (non-hydrogen) atoms. The first-order valence-electron chi connectivity index (χ1n) is 6.94. The highest BCUT2D eigenvalue weighted by Gasteiger charge is 2.17. The first-order chi connectivity index (χ1) is 9.91. The van der Waals surface area contributed by atoms with Crippen molar-refractivity contribution in [1.29, 1.82) is 5.26 Å². The van der Waals surface area contributed by atoms with Crippen molar-refractivity contribution in [2.24, 2.45) is 0 Å². The van der Waals surface area contributed by atoms with E-state index in [-0.39, 0.29) is 11.2 Å². The molecule has 2 aromatic rings. The summed E-state index contributed by atoms with van der Waals surface area (Å²) in [5, 5.41) is 12.4. The number of benzene rings is 2. The lowest BCUT2D eigenvalue weighted by molar-refractivity contribution is 0.591. The van der Waals surface area contributed by atoms with Crippen LogP contribution in [0.2, 0.25) is 0 Å². The summed E-state index contributed by atoms with van der Waals surface area (Å²) in [5.74, 6) is -0.324. The molecule has 0 unspecified atom stereocenters. The molecule has 1 N–H and O–H groups in total. The smallest absolute Gasteiger partial charge is 0.123 e. The number of rotatable bonds is 3. The number of nitrogens with zero attached hydrogens (tertiary/aromatic N) is 1. The highest BCUT2D eigenvalue weighted by atomic mass is 19.1. The summed E-state index contributed by atoms with van der Waals surface area (Å²) in [7, 11) is 0. The van der Waals surface area contributed by atoms with Crippen LogP contribution in [-0.2, 0) is 12.0 Å². The summed E-state index contributed by atoms with van der Waals surface area (Å²) in [6.45, 7) is 6.87. The van der Waals surface area contributed by atoms with Crippen molar-refractivity contribution in [3.05, 3.63) is 65.0 Å². The molecular formula is C18H19FN2. The van der Waals surface area contributed by atoms with Crippen molar-refractivity contribution < 1.29 is 4.39 Å². The Morgan fingerprint density at radius 3 is 2.52 bits per heavy atom. The molecule has 0 atom stereocenters. The Balaban J connectivity index is 2.26. The Labute approximate surface area is 125 Å². The molecule has 0 fully saturated rings. The molecule has 0 aliphatic heterocycles. The molecule has 2 rings (SSSR count). The van der Waals surface area contributed by atoms with Crippen LogP contribution in [0.15, 0.2) is 42.5 Å². The Morgan fingerprint density at radius 1 is 1.14 bits per heavy atom. The lowest BCUT2D eigenvalue weighted by Crippen LogP contribution is -2.15. The van der Waals surface area contributed by atoms with E-state index < -0.39 is 0 Å². The van der Waals surface area contributed by atoms with Gasteiger partial charge in [0, 0.05) is 12.2 Å². The summed E-state index contributed by atoms with van der Waals surface area (Å²) in [5.41, 5.74) is 3.39. The molecular weight excluding hydrogens is 263 g/mol. The molecule has 2 nitrogen and oxygen atoms in total. The highest BCUT2D eigenvalue weighted by molar-refractivity contribution is 5.55. The molecule has 3 heteroatoms. The zero-order valence-corrected chi connectivity index (χ0v) is 12.6. The minimum Gasteiger partial charge on any atom is -0.381 e. The van der Waals surface area contributed by atoms with Crippen LogP contribution in [-0.4, -0.2) is 0 Å². The molecule has 0 aliphatic rings. The molecule has 0 radical (unpaired) electrons. The third-order valence-electron chi connectivity index (χ3n) is 3.39. The van der Waals surface area contributed by atoms with E-state index in [1.165, 1.54) is 23.8 Å². The van der Waals surface area contributed by atoms with Crippen LogP contribution < -0.4 is 5.32 Å². The molecule has 0 bridgehead atoms. The van der Waals surface area contributed by atoms with Gasteiger partial charge in [0.25, 0.3) is 0 Å². The second kappa shape index (κ2) is 5.97. The average Bonchev–Trinajstić information content (AvgIpc) is 2.44. The number of nitrogens with one attached hydrogen (secondary N) is 1. The molecule has 0 aromatic heterocycles. The normalized spacial score (nSPS) is 11.0. The van der Waals surface area contributed by atoms with Crippen molar-refractivity contribution in [1.82, 2.24) is 0 Å². The Bertz CT molecular complexity index is 678. The summed E-state index contributed by atoms with van der Waals surface area (Å²) in [6.07, 6.45) is 0. The molecule has 0 saturated carbocycles. The van der Waals surface area contributed by atoms with Crippen molar-refractivity contribution in [3.8, 4) is 6.07 Å². The van der Waals surface area contributed by atoms with E-state index in [0.717, 1.165) is 5.69 Å². The number of para-hydroxylation sites is 1. The van der Waals surface area contributed by atoms with Gasteiger partial charge in [0.05, 0.1) is 11.6 Å². The summed E-state index contributed by atoms with van der Waals surface area (Å²) < 4.78 is 13.3. The molecule has 0 spiro atoms. The minimum absolute atomic E-state index is 0.0175. The number of hydrogen-bond donors (Lipinski definition) is 1. The topological polar surface area (TPSA) is 35.8 Å². The highest BCUT2D eigenvalue weighted by Crippen LogP contribution is 2.29. The molecule has 2 aromatic carbocycles. The van der Waals surface area contributed by atoms with Gasteiger partial charge in [-0.15, -0.1) is 0 Å². The minimum atomic E-state index is -0.324. The maximum atomic E-state index is 13.3. The fourth-order valence-electron chi connectivity index (χ4n) is 2.30. The van der Waals surface area contributed by atoms with Gasteiger partial charge in [-0.2, -0.15) is 5.26 Å². The molecule has 0 saturated heterocycles. The Hall–Kier alpha value is -2.34. The van der Waals surface area contributed by atoms with Crippen molar-refractivity contribution in [2.75, 3.05) is 5.32 Å². The number of hydrogen-bond acceptors (Lipinski definition) is 2. The van der Waals surface area contributed by atoms with Crippen LogP contribution in [0.3, 0.4) is 0 Å². The van der Waals surface area contributed by atoms with Gasteiger partial charge < -0.3 is 5.32 Å². The maximum absolute atomic E-state index is 13.3. The SMILES string of the molecule is CC(C)(C)c1ccccc1NCc1cc(F)ccc1C#N. The molecule has 0 heterocycles. The molecule has 0 aliphatic carbocycles. The van der Waals surface area contributed by atoms with Crippen LogP contribution in [0.1, 0.15) is 37.5 Å². The number of anilines is 1. The molecule has 108 valence electrons. The van der Waals surface area contributed by atoms with E-state index in [9.17, 15) is 4.39 Å². The van der Waals surface area contributed by atoms with Crippen LogP contribution in [0.25, 0.3) is 0 Å². The van der Waals surface area contributed by atoms with Crippen molar-refractivity contribution >= 4 is 5.69 Å². The van der Waals surface area contributed by atoms with Crippen LogP contribution >= 0.6 is 0 Å². The van der Waals surface area contributed by atoms with E-state index in [0.29, 0.717) is 17.7 Å². The van der Waals surface area contributed by atoms with Crippen LogP contribution in [0, 0.1) is 17.1 Å². The van der Waals surface area contributed by atoms with E-state index in [4.69, 9.17) is 5.26 Å². The zero-order valence-electron chi connectivity index (χ0n) is 12.6. The van der Waals surface area contributed by atoms with E-state index in [1.807, 2.05) is 18.2 Å². The van der Waals surface area contributed by atoms with Crippen LogP contribution in [0.4, 0.5) is 10.1 Å². The van der Waals surface area contributed by atoms with E-state index in [1.54, 1.807) is 0 Å². The Kier molecular flexibility index (Phi) is 4.28. The van der Waals surface area contributed by atoms with Crippen LogP contribution in [0.5, 0.6) is 0 Å². The first kappa shape index (κ1) is 15.1. The van der Waals surface area contributed by atoms with Gasteiger partial charge in [0.2, 0.25) is 0 Å². The quantitative estimate of drug-likeness (QED) is 0.892. The fourth-order valence-corrected chi connectivity index (χ4v) is 2.30. The summed E-state index contributed by atoms with van der Waals surface area (Å²) in [6, 6.07) is 14.4. The lowest BCUT2D eigenvalue weighted by Gasteiger charge is -2.23. The van der Waals surface area contributed by atoms with Gasteiger partial charge in [-0.25, -0.2) is 4.39 Å². The predicted octanol–water partition coefficient (Wildman–Crippen LogP) is 4.61. The van der Waals surface area contributed by atoms with Crippen molar-refractivity contribution in [2.45, 2.75) is 32.7 Å². The number of halogens is 1. The molecule has 0 amide bonds. The standard InChI is InChI=1S/C18H19FN2/c1-18(2,3)16-6-4-5-7-17(16)21-12-14-10-15(19)9-8-13(14)11-20/h4-10,21H,12H2,1-3H3. The largest absolute Gasteiger partial charge is 0.381 e. The predicted molar refractivity (Wildman–Crippen MR) is 83.6 cm³/mol. The average molecular weight is 282 g/mol. The monoisotopic (exact) mass is 282 g/mol. The zero-order chi connectivity index (χ0) is 15.5. The fraction of sp³-hybridized carbons (Fsp3) is 0.278. The van der Waals surface area contributed by atoms with Gasteiger partial charge in [-0.3, -0.25) is 0 Å². The Morgan fingerprint density at radius 2 is 1.86 bits per heavy atom. The third kappa shape index (κ3) is 3.61. The van der Waals surface area contributed by atoms with Gasteiger partial charge in [0.1, 0.15) is 5.82 Å². The van der Waals surface area contributed by atoms with Gasteiger partial charge in [0.15, 0.2) is 0 Å². The summed E-state index contributed by atoms with van der Waals surface area (Å²) in [4.78, 5) is 0. The second-order valence-corrected chi connectivity index (χ2v) is 6.06. The first-order valence-corrected chi connectivity index (χ1v) is 6.94. The second-order valence-electron chi connectivity index (χ2n) is 6.06. The number of nitriles is 1. The van der Waals surface area contributed by atoms with Gasteiger partial charge >= 0.3 is 0 Å². The van der Waals surface area contributed by atoms with E-state index >= 15 is 0 Å². The third-order valence-corrected chi connectivity index (χ3v) is 3.39.